The maximum atomic E-state index is 11.6. The van der Waals surface area contributed by atoms with E-state index in [1.165, 1.54) is 7.11 Å². The number of carbonyl (C=O) groups is 1. The van der Waals surface area contributed by atoms with E-state index in [1.54, 1.807) is 0 Å². The molecule has 2 rings (SSSR count). The molecule has 0 aromatic rings. The number of ether oxygens (including phenoxy) is 2. The van der Waals surface area contributed by atoms with Gasteiger partial charge in [0.25, 0.3) is 0 Å². The normalized spacial score (nSPS) is 34.1. The summed E-state index contributed by atoms with van der Waals surface area (Å²) in [4.78, 5) is 11.6. The van der Waals surface area contributed by atoms with Crippen LogP contribution in [-0.2, 0) is 14.3 Å². The summed E-state index contributed by atoms with van der Waals surface area (Å²) in [6.07, 6.45) is 2.70. The predicted octanol–water partition coefficient (Wildman–Crippen LogP) is 1.60. The first-order chi connectivity index (χ1) is 6.71. The number of hydrogen-bond donors (Lipinski definition) is 0. The van der Waals surface area contributed by atoms with Crippen molar-refractivity contribution in [2.75, 3.05) is 18.6 Å². The van der Waals surface area contributed by atoms with Crippen LogP contribution in [-0.4, -0.2) is 35.8 Å². The molecule has 3 nitrogen and oxygen atoms in total. The fraction of sp³-hybridized carbons (Fsp3) is 0.900. The Labute approximate surface area is 88.5 Å². The van der Waals surface area contributed by atoms with E-state index < -0.39 is 5.60 Å². The second kappa shape index (κ2) is 3.42. The molecule has 0 amide bonds. The average molecular weight is 216 g/mol. The van der Waals surface area contributed by atoms with Crippen molar-refractivity contribution in [3.8, 4) is 0 Å². The predicted molar refractivity (Wildman–Crippen MR) is 55.4 cm³/mol. The van der Waals surface area contributed by atoms with Crippen molar-refractivity contribution < 1.29 is 14.3 Å². The maximum Gasteiger partial charge on any atom is 0.341 e. The van der Waals surface area contributed by atoms with Gasteiger partial charge >= 0.3 is 5.97 Å². The van der Waals surface area contributed by atoms with Crippen molar-refractivity contribution in [2.45, 2.75) is 37.4 Å². The molecule has 2 aliphatic rings. The highest BCUT2D eigenvalue weighted by atomic mass is 32.2. The molecule has 2 fully saturated rings. The zero-order valence-electron chi connectivity index (χ0n) is 8.67. The molecule has 0 aliphatic carbocycles. The Morgan fingerprint density at radius 3 is 2.64 bits per heavy atom. The number of epoxide rings is 1. The monoisotopic (exact) mass is 216 g/mol. The highest BCUT2D eigenvalue weighted by Gasteiger charge is 2.73. The Morgan fingerprint density at radius 2 is 2.14 bits per heavy atom. The van der Waals surface area contributed by atoms with Crippen molar-refractivity contribution in [1.29, 1.82) is 0 Å². The van der Waals surface area contributed by atoms with Crippen LogP contribution in [0.1, 0.15) is 26.2 Å². The van der Waals surface area contributed by atoms with Crippen molar-refractivity contribution in [3.05, 3.63) is 0 Å². The first kappa shape index (κ1) is 10.3. The molecule has 2 aliphatic heterocycles. The lowest BCUT2D eigenvalue weighted by atomic mass is 9.86. The van der Waals surface area contributed by atoms with Crippen LogP contribution in [0.4, 0.5) is 0 Å². The van der Waals surface area contributed by atoms with Gasteiger partial charge in [0.1, 0.15) is 5.60 Å². The lowest BCUT2D eigenvalue weighted by molar-refractivity contribution is -0.147. The molecule has 0 aromatic carbocycles. The number of thioether (sulfide) groups is 1. The van der Waals surface area contributed by atoms with Gasteiger partial charge in [-0.2, -0.15) is 11.8 Å². The van der Waals surface area contributed by atoms with Crippen LogP contribution in [0, 0.1) is 0 Å². The van der Waals surface area contributed by atoms with Crippen molar-refractivity contribution in [2.24, 2.45) is 0 Å². The smallest absolute Gasteiger partial charge is 0.341 e. The molecule has 1 unspecified atom stereocenters. The number of carbonyl (C=O) groups excluding carboxylic acids is 1. The van der Waals surface area contributed by atoms with Crippen LogP contribution in [0.5, 0.6) is 0 Å². The molecule has 2 heterocycles. The van der Waals surface area contributed by atoms with E-state index in [1.807, 2.05) is 18.7 Å². The number of hydrogen-bond acceptors (Lipinski definition) is 4. The van der Waals surface area contributed by atoms with Crippen LogP contribution < -0.4 is 0 Å². The second-order valence-corrected chi connectivity index (χ2v) is 5.11. The van der Waals surface area contributed by atoms with Crippen molar-refractivity contribution in [3.63, 3.8) is 0 Å². The molecule has 0 aromatic heterocycles. The highest BCUT2D eigenvalue weighted by molar-refractivity contribution is 7.99. The maximum absolute atomic E-state index is 11.6. The van der Waals surface area contributed by atoms with Gasteiger partial charge in [-0.3, -0.25) is 0 Å². The topological polar surface area (TPSA) is 38.8 Å². The van der Waals surface area contributed by atoms with Gasteiger partial charge in [0.2, 0.25) is 0 Å². The highest BCUT2D eigenvalue weighted by Crippen LogP contribution is 2.58. The lowest BCUT2D eigenvalue weighted by Gasteiger charge is -2.21. The molecule has 4 heteroatoms. The van der Waals surface area contributed by atoms with E-state index in [0.717, 1.165) is 30.8 Å². The van der Waals surface area contributed by atoms with Gasteiger partial charge in [-0.1, -0.05) is 6.92 Å². The summed E-state index contributed by atoms with van der Waals surface area (Å²) in [7, 11) is 1.44. The lowest BCUT2D eigenvalue weighted by Crippen LogP contribution is -2.37. The molecule has 0 radical (unpaired) electrons. The Morgan fingerprint density at radius 1 is 1.50 bits per heavy atom. The largest absolute Gasteiger partial charge is 0.467 e. The van der Waals surface area contributed by atoms with Crippen LogP contribution in [0.2, 0.25) is 0 Å². The van der Waals surface area contributed by atoms with Crippen molar-refractivity contribution >= 4 is 17.7 Å². The summed E-state index contributed by atoms with van der Waals surface area (Å²) in [5, 5.41) is 0. The molecule has 0 saturated carbocycles. The van der Waals surface area contributed by atoms with Gasteiger partial charge in [-0.05, 0) is 30.8 Å². The number of esters is 1. The molecular weight excluding hydrogens is 200 g/mol. The van der Waals surface area contributed by atoms with E-state index in [9.17, 15) is 4.79 Å². The van der Waals surface area contributed by atoms with Gasteiger partial charge < -0.3 is 9.47 Å². The first-order valence-corrected chi connectivity index (χ1v) is 6.22. The minimum Gasteiger partial charge on any atom is -0.467 e. The second-order valence-electron chi connectivity index (χ2n) is 3.88. The summed E-state index contributed by atoms with van der Waals surface area (Å²) in [5.74, 6) is 2.00. The van der Waals surface area contributed by atoms with Crippen LogP contribution >= 0.6 is 11.8 Å². The van der Waals surface area contributed by atoms with Gasteiger partial charge in [0.05, 0.1) is 7.11 Å². The van der Waals surface area contributed by atoms with Crippen LogP contribution in [0.25, 0.3) is 0 Å². The van der Waals surface area contributed by atoms with Gasteiger partial charge in [0, 0.05) is 0 Å². The number of rotatable bonds is 2. The van der Waals surface area contributed by atoms with E-state index in [-0.39, 0.29) is 11.6 Å². The quantitative estimate of drug-likeness (QED) is 0.519. The van der Waals surface area contributed by atoms with Gasteiger partial charge in [-0.25, -0.2) is 4.79 Å². The zero-order valence-corrected chi connectivity index (χ0v) is 9.49. The standard InChI is InChI=1S/C10H16O3S/c1-3-10(8(11)12-2)9(13-10)4-6-14-7-5-9/h3-7H2,1-2H3. The summed E-state index contributed by atoms with van der Waals surface area (Å²) in [5.41, 5.74) is -0.789. The van der Waals surface area contributed by atoms with E-state index in [0.29, 0.717) is 0 Å². The Kier molecular flexibility index (Phi) is 2.52. The minimum atomic E-state index is -0.608. The third-order valence-corrected chi connectivity index (χ3v) is 4.36. The fourth-order valence-electron chi connectivity index (χ4n) is 2.45. The molecule has 80 valence electrons. The van der Waals surface area contributed by atoms with Crippen LogP contribution in [0.15, 0.2) is 0 Å². The van der Waals surface area contributed by atoms with Crippen molar-refractivity contribution in [1.82, 2.24) is 0 Å². The Hall–Kier alpha value is -0.220. The first-order valence-electron chi connectivity index (χ1n) is 5.07. The summed E-state index contributed by atoms with van der Waals surface area (Å²) in [6, 6.07) is 0. The summed E-state index contributed by atoms with van der Waals surface area (Å²) >= 11 is 1.94. The number of methoxy groups -OCH3 is 1. The summed E-state index contributed by atoms with van der Waals surface area (Å²) < 4.78 is 10.6. The Balaban J connectivity index is 2.14. The molecule has 2 saturated heterocycles. The molecule has 0 bridgehead atoms. The molecule has 0 N–H and O–H groups in total. The van der Waals surface area contributed by atoms with E-state index in [2.05, 4.69) is 0 Å². The molecule has 1 spiro atoms. The third-order valence-electron chi connectivity index (χ3n) is 3.38. The van der Waals surface area contributed by atoms with Crippen LogP contribution in [0.3, 0.4) is 0 Å². The molecule has 14 heavy (non-hydrogen) atoms. The minimum absolute atomic E-state index is 0.180. The summed E-state index contributed by atoms with van der Waals surface area (Å²) in [6.45, 7) is 1.99. The van der Waals surface area contributed by atoms with Gasteiger partial charge in [-0.15, -0.1) is 0 Å². The van der Waals surface area contributed by atoms with Gasteiger partial charge in [0.15, 0.2) is 5.60 Å². The Bertz CT molecular complexity index is 248. The zero-order chi connectivity index (χ0) is 10.2. The van der Waals surface area contributed by atoms with E-state index in [4.69, 9.17) is 9.47 Å². The average Bonchev–Trinajstić information content (AvgIpc) is 2.87. The fourth-order valence-corrected chi connectivity index (χ4v) is 3.60. The van der Waals surface area contributed by atoms with E-state index >= 15 is 0 Å². The third kappa shape index (κ3) is 1.20. The molecular formula is C10H16O3S. The molecule has 1 atom stereocenters. The SMILES string of the molecule is CCC1(C(=O)OC)OC12CCSCC2.